The molecule has 0 saturated carbocycles. The van der Waals surface area contributed by atoms with E-state index in [0.29, 0.717) is 17.9 Å². The van der Waals surface area contributed by atoms with Gasteiger partial charge in [0.05, 0.1) is 11.4 Å². The van der Waals surface area contributed by atoms with Crippen molar-refractivity contribution in [1.29, 1.82) is 0 Å². The van der Waals surface area contributed by atoms with E-state index in [0.717, 1.165) is 5.82 Å². The maximum absolute atomic E-state index is 11.0. The monoisotopic (exact) mass is 265 g/mol. The van der Waals surface area contributed by atoms with Crippen molar-refractivity contribution in [3.8, 4) is 5.69 Å². The number of aromatic carboxylic acids is 1. The Balaban J connectivity index is 2.57. The van der Waals surface area contributed by atoms with E-state index in [1.807, 2.05) is 13.0 Å². The number of aromatic nitrogens is 3. The van der Waals surface area contributed by atoms with Crippen LogP contribution in [0, 0.1) is 0 Å². The number of alkyl halides is 1. The summed E-state index contributed by atoms with van der Waals surface area (Å²) in [5.41, 5.74) is 0.941. The van der Waals surface area contributed by atoms with E-state index >= 15 is 0 Å². The topological polar surface area (TPSA) is 68.0 Å². The molecule has 1 heterocycles. The fourth-order valence-corrected chi connectivity index (χ4v) is 1.92. The maximum Gasteiger partial charge on any atom is 0.335 e. The Morgan fingerprint density at radius 2 is 2.11 bits per heavy atom. The molecule has 0 amide bonds. The molecule has 5 nitrogen and oxygen atoms in total. The van der Waals surface area contributed by atoms with E-state index < -0.39 is 5.97 Å². The molecular formula is C12H12ClN3O2. The lowest BCUT2D eigenvalue weighted by atomic mass is 10.2. The van der Waals surface area contributed by atoms with E-state index in [1.165, 1.54) is 0 Å². The predicted octanol–water partition coefficient (Wildman–Crippen LogP) is 2.27. The third kappa shape index (κ3) is 2.22. The number of hydrogen-bond donors (Lipinski definition) is 1. The molecule has 2 rings (SSSR count). The summed E-state index contributed by atoms with van der Waals surface area (Å²) >= 11 is 5.81. The Kier molecular flexibility index (Phi) is 3.62. The molecule has 0 fully saturated rings. The van der Waals surface area contributed by atoms with Crippen LogP contribution in [0.4, 0.5) is 0 Å². The summed E-state index contributed by atoms with van der Waals surface area (Å²) in [4.78, 5) is 11.0. The van der Waals surface area contributed by atoms with E-state index in [9.17, 15) is 4.79 Å². The highest BCUT2D eigenvalue weighted by Gasteiger charge is 2.13. The first-order chi connectivity index (χ1) is 8.67. The van der Waals surface area contributed by atoms with Gasteiger partial charge in [0.1, 0.15) is 5.82 Å². The van der Waals surface area contributed by atoms with Gasteiger partial charge in [0.2, 0.25) is 0 Å². The summed E-state index contributed by atoms with van der Waals surface area (Å²) in [6.07, 6.45) is 0.696. The molecule has 6 heteroatoms. The SMILES string of the molecule is CCc1nnc(CCl)n1-c1cccc(C(=O)O)c1. The number of rotatable bonds is 4. The minimum atomic E-state index is -0.963. The zero-order valence-corrected chi connectivity index (χ0v) is 10.6. The summed E-state index contributed by atoms with van der Waals surface area (Å²) < 4.78 is 1.79. The van der Waals surface area contributed by atoms with Crippen molar-refractivity contribution in [3.05, 3.63) is 41.5 Å². The molecule has 0 radical (unpaired) electrons. The predicted molar refractivity (Wildman–Crippen MR) is 67.3 cm³/mol. The molecule has 0 aliphatic rings. The van der Waals surface area contributed by atoms with Crippen LogP contribution >= 0.6 is 11.6 Å². The molecule has 0 aliphatic heterocycles. The molecule has 18 heavy (non-hydrogen) atoms. The van der Waals surface area contributed by atoms with Crippen LogP contribution in [0.3, 0.4) is 0 Å². The van der Waals surface area contributed by atoms with Gasteiger partial charge in [-0.2, -0.15) is 0 Å². The van der Waals surface area contributed by atoms with Gasteiger partial charge in [-0.3, -0.25) is 4.57 Å². The number of carboxylic acid groups (broad SMARTS) is 1. The number of carbonyl (C=O) groups is 1. The zero-order valence-electron chi connectivity index (χ0n) is 9.80. The summed E-state index contributed by atoms with van der Waals surface area (Å²) in [6, 6.07) is 6.63. The minimum absolute atomic E-state index is 0.226. The van der Waals surface area contributed by atoms with Crippen LogP contribution in [-0.4, -0.2) is 25.8 Å². The second-order valence-corrected chi connectivity index (χ2v) is 3.98. The first-order valence-electron chi connectivity index (χ1n) is 5.50. The van der Waals surface area contributed by atoms with Gasteiger partial charge in [-0.1, -0.05) is 13.0 Å². The van der Waals surface area contributed by atoms with Crippen LogP contribution in [-0.2, 0) is 12.3 Å². The number of carboxylic acids is 1. The van der Waals surface area contributed by atoms with Crippen molar-refractivity contribution in [3.63, 3.8) is 0 Å². The summed E-state index contributed by atoms with van der Waals surface area (Å²) in [6.45, 7) is 1.96. The van der Waals surface area contributed by atoms with Gasteiger partial charge in [-0.15, -0.1) is 21.8 Å². The van der Waals surface area contributed by atoms with Gasteiger partial charge >= 0.3 is 5.97 Å². The second-order valence-electron chi connectivity index (χ2n) is 3.71. The Labute approximate surface area is 109 Å². The van der Waals surface area contributed by atoms with Crippen molar-refractivity contribution in [2.75, 3.05) is 0 Å². The van der Waals surface area contributed by atoms with Crippen LogP contribution in [0.25, 0.3) is 5.69 Å². The molecule has 2 aromatic rings. The van der Waals surface area contributed by atoms with Crippen molar-refractivity contribution < 1.29 is 9.90 Å². The standard InChI is InChI=1S/C12H12ClN3O2/c1-2-10-14-15-11(7-13)16(10)9-5-3-4-8(6-9)12(17)18/h3-6H,2,7H2,1H3,(H,17,18). The Morgan fingerprint density at radius 3 is 2.72 bits per heavy atom. The first kappa shape index (κ1) is 12.6. The van der Waals surface area contributed by atoms with E-state index in [2.05, 4.69) is 10.2 Å². The Hall–Kier alpha value is -1.88. The maximum atomic E-state index is 11.0. The number of benzene rings is 1. The van der Waals surface area contributed by atoms with Crippen molar-refractivity contribution in [2.24, 2.45) is 0 Å². The number of hydrogen-bond acceptors (Lipinski definition) is 3. The van der Waals surface area contributed by atoms with Crippen LogP contribution in [0.15, 0.2) is 24.3 Å². The molecule has 0 aliphatic carbocycles. The fraction of sp³-hybridized carbons (Fsp3) is 0.250. The molecule has 0 bridgehead atoms. The average molecular weight is 266 g/mol. The molecule has 94 valence electrons. The van der Waals surface area contributed by atoms with Gasteiger partial charge in [0.25, 0.3) is 0 Å². The highest BCUT2D eigenvalue weighted by molar-refractivity contribution is 6.16. The lowest BCUT2D eigenvalue weighted by Gasteiger charge is -2.08. The first-order valence-corrected chi connectivity index (χ1v) is 6.03. The third-order valence-electron chi connectivity index (χ3n) is 2.58. The Bertz CT molecular complexity index is 559. The molecule has 0 unspecified atom stereocenters. The Morgan fingerprint density at radius 1 is 1.39 bits per heavy atom. The van der Waals surface area contributed by atoms with E-state index in [1.54, 1.807) is 22.8 Å². The van der Waals surface area contributed by atoms with E-state index in [-0.39, 0.29) is 11.4 Å². The molecule has 0 saturated heterocycles. The van der Waals surface area contributed by atoms with Crippen molar-refractivity contribution >= 4 is 17.6 Å². The smallest absolute Gasteiger partial charge is 0.335 e. The van der Waals surface area contributed by atoms with Crippen LogP contribution < -0.4 is 0 Å². The number of halogens is 1. The highest BCUT2D eigenvalue weighted by atomic mass is 35.5. The molecule has 1 aromatic carbocycles. The van der Waals surface area contributed by atoms with Crippen molar-refractivity contribution in [2.45, 2.75) is 19.2 Å². The molecule has 1 aromatic heterocycles. The van der Waals surface area contributed by atoms with Gasteiger partial charge in [-0.25, -0.2) is 4.79 Å². The molecule has 0 atom stereocenters. The number of nitrogens with zero attached hydrogens (tertiary/aromatic N) is 3. The summed E-state index contributed by atoms with van der Waals surface area (Å²) in [5.74, 6) is 0.629. The lowest BCUT2D eigenvalue weighted by molar-refractivity contribution is 0.0697. The molecule has 1 N–H and O–H groups in total. The molecular weight excluding hydrogens is 254 g/mol. The van der Waals surface area contributed by atoms with E-state index in [4.69, 9.17) is 16.7 Å². The highest BCUT2D eigenvalue weighted by Crippen LogP contribution is 2.16. The average Bonchev–Trinajstić information content (AvgIpc) is 2.81. The van der Waals surface area contributed by atoms with Crippen LogP contribution in [0.2, 0.25) is 0 Å². The van der Waals surface area contributed by atoms with Gasteiger partial charge < -0.3 is 5.11 Å². The largest absolute Gasteiger partial charge is 0.478 e. The lowest BCUT2D eigenvalue weighted by Crippen LogP contribution is -2.05. The minimum Gasteiger partial charge on any atom is -0.478 e. The zero-order chi connectivity index (χ0) is 13.1. The molecule has 0 spiro atoms. The van der Waals surface area contributed by atoms with Crippen LogP contribution in [0.1, 0.15) is 28.9 Å². The summed E-state index contributed by atoms with van der Waals surface area (Å²) in [7, 11) is 0. The van der Waals surface area contributed by atoms with Crippen LogP contribution in [0.5, 0.6) is 0 Å². The van der Waals surface area contributed by atoms with Gasteiger partial charge in [0.15, 0.2) is 5.82 Å². The summed E-state index contributed by atoms with van der Waals surface area (Å²) in [5, 5.41) is 17.0. The van der Waals surface area contributed by atoms with Gasteiger partial charge in [0, 0.05) is 12.1 Å². The van der Waals surface area contributed by atoms with Gasteiger partial charge in [-0.05, 0) is 18.2 Å². The fourth-order valence-electron chi connectivity index (χ4n) is 1.75. The second kappa shape index (κ2) is 5.18. The third-order valence-corrected chi connectivity index (χ3v) is 2.82. The normalized spacial score (nSPS) is 10.6. The quantitative estimate of drug-likeness (QED) is 0.861. The number of aryl methyl sites for hydroxylation is 1. The van der Waals surface area contributed by atoms with Crippen molar-refractivity contribution in [1.82, 2.24) is 14.8 Å².